The third-order valence-electron chi connectivity index (χ3n) is 3.65. The summed E-state index contributed by atoms with van der Waals surface area (Å²) in [6.07, 6.45) is 3.12. The molecule has 0 bridgehead atoms. The smallest absolute Gasteiger partial charge is 0.387 e. The van der Waals surface area contributed by atoms with Gasteiger partial charge in [-0.2, -0.15) is 8.78 Å². The van der Waals surface area contributed by atoms with E-state index in [1.54, 1.807) is 6.08 Å². The highest BCUT2D eigenvalue weighted by Crippen LogP contribution is 2.29. The number of alkyl halides is 2. The van der Waals surface area contributed by atoms with Crippen molar-refractivity contribution in [1.82, 2.24) is 0 Å². The van der Waals surface area contributed by atoms with Crippen LogP contribution in [0.3, 0.4) is 0 Å². The van der Waals surface area contributed by atoms with Gasteiger partial charge in [-0.3, -0.25) is 4.79 Å². The van der Waals surface area contributed by atoms with Crippen molar-refractivity contribution < 1.29 is 18.3 Å². The van der Waals surface area contributed by atoms with Crippen LogP contribution in [0.1, 0.15) is 5.56 Å². The van der Waals surface area contributed by atoms with E-state index in [0.29, 0.717) is 5.69 Å². The predicted molar refractivity (Wildman–Crippen MR) is 99.7 cm³/mol. The first-order valence-corrected chi connectivity index (χ1v) is 8.12. The molecule has 0 saturated heterocycles. The molecule has 26 heavy (non-hydrogen) atoms. The first-order chi connectivity index (χ1) is 12.5. The van der Waals surface area contributed by atoms with Crippen LogP contribution in [0, 0.1) is 0 Å². The maximum atomic E-state index is 12.2. The van der Waals surface area contributed by atoms with Crippen molar-refractivity contribution in [3.8, 4) is 5.75 Å². The van der Waals surface area contributed by atoms with Crippen molar-refractivity contribution in [1.29, 1.82) is 0 Å². The molecule has 0 heterocycles. The van der Waals surface area contributed by atoms with E-state index in [9.17, 15) is 13.6 Å². The molecule has 0 aliphatic heterocycles. The van der Waals surface area contributed by atoms with Gasteiger partial charge in [-0.1, -0.05) is 54.1 Å². The van der Waals surface area contributed by atoms with E-state index in [0.717, 1.165) is 16.3 Å². The number of halogens is 3. The summed E-state index contributed by atoms with van der Waals surface area (Å²) in [6.45, 7) is -2.96. The second-order valence-electron chi connectivity index (χ2n) is 5.41. The minimum absolute atomic E-state index is 0.0128. The molecule has 0 saturated carbocycles. The third-order valence-corrected chi connectivity index (χ3v) is 3.95. The van der Waals surface area contributed by atoms with Gasteiger partial charge >= 0.3 is 6.61 Å². The monoisotopic (exact) mass is 373 g/mol. The molecule has 0 atom stereocenters. The second kappa shape index (κ2) is 7.97. The van der Waals surface area contributed by atoms with Gasteiger partial charge in [0, 0.05) is 11.8 Å². The van der Waals surface area contributed by atoms with Gasteiger partial charge in [0.2, 0.25) is 5.91 Å². The van der Waals surface area contributed by atoms with Crippen LogP contribution in [-0.2, 0) is 4.79 Å². The molecular formula is C20H14ClF2NO2. The van der Waals surface area contributed by atoms with Crippen molar-refractivity contribution in [2.45, 2.75) is 6.61 Å². The maximum Gasteiger partial charge on any atom is 0.387 e. The number of ether oxygens (including phenoxy) is 1. The highest BCUT2D eigenvalue weighted by molar-refractivity contribution is 6.32. The summed E-state index contributed by atoms with van der Waals surface area (Å²) in [5.41, 5.74) is 1.29. The molecule has 0 aliphatic rings. The maximum absolute atomic E-state index is 12.2. The van der Waals surface area contributed by atoms with Crippen molar-refractivity contribution in [3.63, 3.8) is 0 Å². The van der Waals surface area contributed by atoms with Crippen LogP contribution < -0.4 is 10.1 Å². The summed E-state index contributed by atoms with van der Waals surface area (Å²) in [5.74, 6) is -0.512. The van der Waals surface area contributed by atoms with E-state index in [1.165, 1.54) is 24.3 Å². The van der Waals surface area contributed by atoms with Gasteiger partial charge < -0.3 is 10.1 Å². The fourth-order valence-corrected chi connectivity index (χ4v) is 2.74. The average Bonchev–Trinajstić information content (AvgIpc) is 2.62. The number of benzene rings is 3. The standard InChI is InChI=1S/C20H14ClF2NO2/c21-17-12-15(9-10-18(17)26-20(22)23)24-19(25)11-8-14-6-3-5-13-4-1-2-7-16(13)14/h1-12,20H,(H,24,25). The first kappa shape index (κ1) is 17.9. The zero-order valence-electron chi connectivity index (χ0n) is 13.5. The molecule has 0 unspecified atom stereocenters. The van der Waals surface area contributed by atoms with E-state index in [2.05, 4.69) is 10.1 Å². The number of carbonyl (C=O) groups is 1. The molecule has 132 valence electrons. The van der Waals surface area contributed by atoms with Gasteiger partial charge in [0.1, 0.15) is 5.75 Å². The minimum atomic E-state index is -2.96. The van der Waals surface area contributed by atoms with E-state index in [-0.39, 0.29) is 16.7 Å². The van der Waals surface area contributed by atoms with E-state index in [4.69, 9.17) is 11.6 Å². The van der Waals surface area contributed by atoms with Gasteiger partial charge in [-0.15, -0.1) is 0 Å². The molecule has 6 heteroatoms. The molecule has 0 spiro atoms. The highest BCUT2D eigenvalue weighted by Gasteiger charge is 2.09. The number of hydrogen-bond acceptors (Lipinski definition) is 2. The van der Waals surface area contributed by atoms with Crippen LogP contribution in [0.25, 0.3) is 16.8 Å². The van der Waals surface area contributed by atoms with Crippen molar-refractivity contribution in [3.05, 3.63) is 77.3 Å². The Bertz CT molecular complexity index is 968. The molecule has 0 radical (unpaired) electrons. The number of nitrogens with one attached hydrogen (secondary N) is 1. The summed E-state index contributed by atoms with van der Waals surface area (Å²) in [5, 5.41) is 4.73. The van der Waals surface area contributed by atoms with Gasteiger partial charge in [0.25, 0.3) is 0 Å². The summed E-state index contributed by atoms with van der Waals surface area (Å²) >= 11 is 5.87. The largest absolute Gasteiger partial charge is 0.433 e. The zero-order valence-corrected chi connectivity index (χ0v) is 14.2. The SMILES string of the molecule is O=C(C=Cc1cccc2ccccc12)Nc1ccc(OC(F)F)c(Cl)c1. The number of hydrogen-bond donors (Lipinski definition) is 1. The number of fused-ring (bicyclic) bond motifs is 1. The lowest BCUT2D eigenvalue weighted by Crippen LogP contribution is -2.08. The zero-order chi connectivity index (χ0) is 18.5. The van der Waals surface area contributed by atoms with Crippen LogP contribution >= 0.6 is 11.6 Å². The Morgan fingerprint density at radius 3 is 2.62 bits per heavy atom. The van der Waals surface area contributed by atoms with Crippen LogP contribution in [0.4, 0.5) is 14.5 Å². The fourth-order valence-electron chi connectivity index (χ4n) is 2.52. The van der Waals surface area contributed by atoms with Gasteiger partial charge in [-0.25, -0.2) is 0 Å². The predicted octanol–water partition coefficient (Wildman–Crippen LogP) is 5.75. The van der Waals surface area contributed by atoms with Crippen LogP contribution in [0.2, 0.25) is 5.02 Å². The average molecular weight is 374 g/mol. The summed E-state index contributed by atoms with van der Waals surface area (Å²) < 4.78 is 28.7. The Morgan fingerprint density at radius 1 is 1.08 bits per heavy atom. The number of carbonyl (C=O) groups excluding carboxylic acids is 1. The fraction of sp³-hybridized carbons (Fsp3) is 0.0500. The topological polar surface area (TPSA) is 38.3 Å². The lowest BCUT2D eigenvalue weighted by molar-refractivity contribution is -0.111. The van der Waals surface area contributed by atoms with Crippen LogP contribution in [0.15, 0.2) is 66.7 Å². The van der Waals surface area contributed by atoms with Crippen molar-refractivity contribution >= 4 is 40.0 Å². The lowest BCUT2D eigenvalue weighted by atomic mass is 10.0. The molecule has 3 aromatic carbocycles. The molecule has 0 aliphatic carbocycles. The molecule has 1 amide bonds. The quantitative estimate of drug-likeness (QED) is 0.578. The Morgan fingerprint density at radius 2 is 1.85 bits per heavy atom. The Balaban J connectivity index is 1.72. The highest BCUT2D eigenvalue weighted by atomic mass is 35.5. The molecule has 3 aromatic rings. The summed E-state index contributed by atoms with van der Waals surface area (Å²) in [7, 11) is 0. The normalized spacial score (nSPS) is 11.2. The van der Waals surface area contributed by atoms with E-state index < -0.39 is 6.61 Å². The molecule has 0 aromatic heterocycles. The molecule has 3 nitrogen and oxygen atoms in total. The Labute approximate surface area is 153 Å². The Kier molecular flexibility index (Phi) is 5.49. The Hall–Kier alpha value is -2.92. The second-order valence-corrected chi connectivity index (χ2v) is 5.82. The summed E-state index contributed by atoms with van der Waals surface area (Å²) in [6, 6.07) is 17.8. The van der Waals surface area contributed by atoms with Gasteiger partial charge in [0.15, 0.2) is 0 Å². The van der Waals surface area contributed by atoms with E-state index in [1.807, 2.05) is 42.5 Å². The van der Waals surface area contributed by atoms with Crippen molar-refractivity contribution in [2.75, 3.05) is 5.32 Å². The lowest BCUT2D eigenvalue weighted by Gasteiger charge is -2.08. The van der Waals surface area contributed by atoms with Crippen molar-refractivity contribution in [2.24, 2.45) is 0 Å². The van der Waals surface area contributed by atoms with Gasteiger partial charge in [0.05, 0.1) is 5.02 Å². The number of anilines is 1. The number of amides is 1. The number of rotatable bonds is 5. The minimum Gasteiger partial charge on any atom is -0.433 e. The first-order valence-electron chi connectivity index (χ1n) is 7.74. The van der Waals surface area contributed by atoms with Crippen LogP contribution in [0.5, 0.6) is 5.75 Å². The molecule has 0 fully saturated rings. The van der Waals surface area contributed by atoms with Gasteiger partial charge in [-0.05, 0) is 40.6 Å². The van der Waals surface area contributed by atoms with Crippen LogP contribution in [-0.4, -0.2) is 12.5 Å². The molecule has 3 rings (SSSR count). The third kappa shape index (κ3) is 4.37. The summed E-state index contributed by atoms with van der Waals surface area (Å²) in [4.78, 5) is 12.1. The van der Waals surface area contributed by atoms with E-state index >= 15 is 0 Å². The molecule has 1 N–H and O–H groups in total. The molecular weight excluding hydrogens is 360 g/mol.